The van der Waals surface area contributed by atoms with Crippen LogP contribution >= 0.6 is 0 Å². The Morgan fingerprint density at radius 1 is 1.29 bits per heavy atom. The molecule has 120 valence electrons. The zero-order chi connectivity index (χ0) is 15.8. The highest BCUT2D eigenvalue weighted by Crippen LogP contribution is 2.25. The molecule has 0 fully saturated rings. The van der Waals surface area contributed by atoms with Crippen molar-refractivity contribution in [3.8, 4) is 5.75 Å². The summed E-state index contributed by atoms with van der Waals surface area (Å²) < 4.78 is 11.3. The smallest absolute Gasteiger partial charge is 0.128 e. The average Bonchev–Trinajstić information content (AvgIpc) is 2.46. The Bertz CT molecular complexity index is 435. The van der Waals surface area contributed by atoms with Crippen LogP contribution in [0.15, 0.2) is 6.20 Å². The van der Waals surface area contributed by atoms with E-state index in [-0.39, 0.29) is 12.1 Å². The summed E-state index contributed by atoms with van der Waals surface area (Å²) in [6.07, 6.45) is 4.02. The van der Waals surface area contributed by atoms with Gasteiger partial charge in [0.05, 0.1) is 13.2 Å². The van der Waals surface area contributed by atoms with Gasteiger partial charge in [-0.1, -0.05) is 6.92 Å². The minimum absolute atomic E-state index is 0.162. The van der Waals surface area contributed by atoms with Crippen LogP contribution in [0.4, 0.5) is 0 Å². The summed E-state index contributed by atoms with van der Waals surface area (Å²) in [6.45, 7) is 12.2. The first-order valence-corrected chi connectivity index (χ1v) is 7.89. The van der Waals surface area contributed by atoms with E-state index in [0.717, 1.165) is 48.6 Å². The summed E-state index contributed by atoms with van der Waals surface area (Å²) in [4.78, 5) is 4.60. The maximum Gasteiger partial charge on any atom is 0.128 e. The van der Waals surface area contributed by atoms with Gasteiger partial charge < -0.3 is 14.8 Å². The first-order valence-electron chi connectivity index (χ1n) is 7.89. The molecule has 1 N–H and O–H groups in total. The van der Waals surface area contributed by atoms with E-state index in [1.54, 1.807) is 7.11 Å². The minimum Gasteiger partial charge on any atom is -0.496 e. The van der Waals surface area contributed by atoms with Crippen molar-refractivity contribution in [2.75, 3.05) is 20.3 Å². The van der Waals surface area contributed by atoms with Crippen molar-refractivity contribution < 1.29 is 9.47 Å². The van der Waals surface area contributed by atoms with Crippen LogP contribution in [0.2, 0.25) is 0 Å². The number of hydrogen-bond donors (Lipinski definition) is 1. The van der Waals surface area contributed by atoms with E-state index in [1.165, 1.54) is 0 Å². The lowest BCUT2D eigenvalue weighted by molar-refractivity contribution is 0.0473. The number of nitrogens with zero attached hydrogens (tertiary/aromatic N) is 1. The summed E-state index contributed by atoms with van der Waals surface area (Å²) >= 11 is 0. The molecule has 21 heavy (non-hydrogen) atoms. The zero-order valence-electron chi connectivity index (χ0n) is 14.3. The van der Waals surface area contributed by atoms with E-state index in [4.69, 9.17) is 9.47 Å². The van der Waals surface area contributed by atoms with Gasteiger partial charge in [-0.25, -0.2) is 0 Å². The first-order chi connectivity index (χ1) is 10.0. The van der Waals surface area contributed by atoms with Crippen LogP contribution in [0.25, 0.3) is 0 Å². The molecule has 0 bridgehead atoms. The third-order valence-electron chi connectivity index (χ3n) is 3.82. The van der Waals surface area contributed by atoms with E-state index < -0.39 is 0 Å². The SMILES string of the molecule is CCCNC(Cc1ncc(C)c(OC)c1C)C(C)OCC. The molecule has 0 amide bonds. The number of ether oxygens (including phenoxy) is 2. The average molecular weight is 294 g/mol. The van der Waals surface area contributed by atoms with Gasteiger partial charge in [-0.05, 0) is 40.7 Å². The molecule has 0 aliphatic rings. The Hall–Kier alpha value is -1.13. The number of pyridine rings is 1. The van der Waals surface area contributed by atoms with Gasteiger partial charge in [0.25, 0.3) is 0 Å². The fourth-order valence-corrected chi connectivity index (χ4v) is 2.60. The van der Waals surface area contributed by atoms with Gasteiger partial charge in [0.2, 0.25) is 0 Å². The number of nitrogens with one attached hydrogen (secondary N) is 1. The molecular formula is C17H30N2O2. The van der Waals surface area contributed by atoms with E-state index >= 15 is 0 Å². The molecule has 4 nitrogen and oxygen atoms in total. The lowest BCUT2D eigenvalue weighted by Gasteiger charge is -2.26. The summed E-state index contributed by atoms with van der Waals surface area (Å²) in [5.74, 6) is 0.943. The zero-order valence-corrected chi connectivity index (χ0v) is 14.3. The van der Waals surface area contributed by atoms with Crippen LogP contribution in [-0.4, -0.2) is 37.4 Å². The van der Waals surface area contributed by atoms with E-state index in [0.29, 0.717) is 0 Å². The van der Waals surface area contributed by atoms with E-state index in [1.807, 2.05) is 20.0 Å². The van der Waals surface area contributed by atoms with Crippen LogP contribution in [0.5, 0.6) is 5.75 Å². The van der Waals surface area contributed by atoms with Gasteiger partial charge in [0, 0.05) is 42.1 Å². The molecule has 2 unspecified atom stereocenters. The fraction of sp³-hybridized carbons (Fsp3) is 0.706. The first kappa shape index (κ1) is 17.9. The maximum atomic E-state index is 5.77. The highest BCUT2D eigenvalue weighted by atomic mass is 16.5. The van der Waals surface area contributed by atoms with Crippen LogP contribution in [0, 0.1) is 13.8 Å². The molecular weight excluding hydrogens is 264 g/mol. The van der Waals surface area contributed by atoms with Crippen molar-refractivity contribution in [1.29, 1.82) is 0 Å². The second kappa shape index (κ2) is 9.00. The predicted molar refractivity (Wildman–Crippen MR) is 87.1 cm³/mol. The van der Waals surface area contributed by atoms with Crippen molar-refractivity contribution in [3.05, 3.63) is 23.0 Å². The Balaban J connectivity index is 2.92. The molecule has 4 heteroatoms. The maximum absolute atomic E-state index is 5.77. The lowest BCUT2D eigenvalue weighted by Crippen LogP contribution is -2.42. The van der Waals surface area contributed by atoms with Crippen LogP contribution in [0.3, 0.4) is 0 Å². The quantitative estimate of drug-likeness (QED) is 0.760. The highest BCUT2D eigenvalue weighted by Gasteiger charge is 2.20. The van der Waals surface area contributed by atoms with Crippen molar-refractivity contribution in [2.24, 2.45) is 0 Å². The topological polar surface area (TPSA) is 43.4 Å². The molecule has 0 saturated heterocycles. The molecule has 0 radical (unpaired) electrons. The molecule has 0 aromatic carbocycles. The summed E-state index contributed by atoms with van der Waals surface area (Å²) in [6, 6.07) is 0.267. The predicted octanol–water partition coefficient (Wildman–Crippen LogP) is 3.04. The van der Waals surface area contributed by atoms with Gasteiger partial charge >= 0.3 is 0 Å². The number of methoxy groups -OCH3 is 1. The molecule has 1 aromatic heterocycles. The molecule has 1 rings (SSSR count). The van der Waals surface area contributed by atoms with Gasteiger partial charge in [-0.15, -0.1) is 0 Å². The third kappa shape index (κ3) is 4.97. The molecule has 0 spiro atoms. The van der Waals surface area contributed by atoms with Crippen molar-refractivity contribution >= 4 is 0 Å². The molecule has 0 aliphatic carbocycles. The Morgan fingerprint density at radius 3 is 2.57 bits per heavy atom. The second-order valence-electron chi connectivity index (χ2n) is 5.47. The standard InChI is InChI=1S/C17H30N2O2/c1-7-9-18-16(14(5)21-8-2)10-15-13(4)17(20-6)12(3)11-19-15/h11,14,16,18H,7-10H2,1-6H3. The lowest BCUT2D eigenvalue weighted by atomic mass is 10.0. The molecule has 1 aromatic rings. The van der Waals surface area contributed by atoms with E-state index in [2.05, 4.69) is 31.1 Å². The monoisotopic (exact) mass is 294 g/mol. The molecule has 0 aliphatic heterocycles. The number of rotatable bonds is 9. The van der Waals surface area contributed by atoms with Crippen LogP contribution < -0.4 is 10.1 Å². The van der Waals surface area contributed by atoms with Gasteiger partial charge in [0.15, 0.2) is 0 Å². The summed E-state index contributed by atoms with van der Waals surface area (Å²) in [5.41, 5.74) is 3.29. The number of aromatic nitrogens is 1. The Labute approximate surface area is 129 Å². The highest BCUT2D eigenvalue weighted by molar-refractivity contribution is 5.41. The fourth-order valence-electron chi connectivity index (χ4n) is 2.60. The Kier molecular flexibility index (Phi) is 7.68. The normalized spacial score (nSPS) is 14.0. The van der Waals surface area contributed by atoms with Gasteiger partial charge in [0.1, 0.15) is 5.75 Å². The van der Waals surface area contributed by atoms with Crippen molar-refractivity contribution in [3.63, 3.8) is 0 Å². The minimum atomic E-state index is 0.162. The molecule has 0 saturated carbocycles. The van der Waals surface area contributed by atoms with Crippen molar-refractivity contribution in [1.82, 2.24) is 10.3 Å². The summed E-state index contributed by atoms with van der Waals surface area (Å²) in [7, 11) is 1.72. The van der Waals surface area contributed by atoms with Gasteiger partial charge in [-0.2, -0.15) is 0 Å². The van der Waals surface area contributed by atoms with Crippen molar-refractivity contribution in [2.45, 2.75) is 59.6 Å². The molecule has 1 heterocycles. The number of aryl methyl sites for hydroxylation is 1. The van der Waals surface area contributed by atoms with Gasteiger partial charge in [-0.3, -0.25) is 4.98 Å². The molecule has 2 atom stereocenters. The van der Waals surface area contributed by atoms with Crippen LogP contribution in [-0.2, 0) is 11.2 Å². The number of hydrogen-bond acceptors (Lipinski definition) is 4. The Morgan fingerprint density at radius 2 is 2.00 bits per heavy atom. The second-order valence-corrected chi connectivity index (χ2v) is 5.47. The van der Waals surface area contributed by atoms with E-state index in [9.17, 15) is 0 Å². The summed E-state index contributed by atoms with van der Waals surface area (Å²) in [5, 5.41) is 3.58. The largest absolute Gasteiger partial charge is 0.496 e. The third-order valence-corrected chi connectivity index (χ3v) is 3.82. The van der Waals surface area contributed by atoms with Crippen LogP contribution in [0.1, 0.15) is 44.0 Å².